The summed E-state index contributed by atoms with van der Waals surface area (Å²) in [6.07, 6.45) is 1.20. The van der Waals surface area contributed by atoms with Gasteiger partial charge in [-0.2, -0.15) is 0 Å². The summed E-state index contributed by atoms with van der Waals surface area (Å²) in [6, 6.07) is 5.31. The van der Waals surface area contributed by atoms with Crippen LogP contribution < -0.4 is 15.6 Å². The van der Waals surface area contributed by atoms with E-state index in [1.165, 1.54) is 0 Å². The Morgan fingerprint density at radius 2 is 2.00 bits per heavy atom. The highest BCUT2D eigenvalue weighted by atomic mass is 79.9. The fourth-order valence-corrected chi connectivity index (χ4v) is 3.95. The summed E-state index contributed by atoms with van der Waals surface area (Å²) < 4.78 is 8.25. The topological polar surface area (TPSA) is 93.5 Å². The van der Waals surface area contributed by atoms with Crippen LogP contribution in [-0.2, 0) is 7.05 Å². The minimum atomic E-state index is -1.07. The maximum absolute atomic E-state index is 12.8. The number of fused-ring (bicyclic) bond motifs is 3. The summed E-state index contributed by atoms with van der Waals surface area (Å²) in [6.45, 7) is 6.14. The van der Waals surface area contributed by atoms with Gasteiger partial charge >= 0.3 is 6.09 Å². The number of ether oxygens (including phenoxy) is 1. The first-order valence-electron chi connectivity index (χ1n) is 9.38. The van der Waals surface area contributed by atoms with Gasteiger partial charge in [0.05, 0.1) is 21.4 Å². The molecular weight excluding hydrogens is 438 g/mol. The SMILES string of the molecule is Cc1cc2c(cn1)c(=O)n(C)c1cc(OCC(CC(C)C)NC(=O)O)c(Br)cc21. The second kappa shape index (κ2) is 8.41. The fraction of sp³-hybridized carbons (Fsp3) is 0.381. The molecule has 0 aliphatic heterocycles. The molecule has 8 heteroatoms. The van der Waals surface area contributed by atoms with E-state index in [0.717, 1.165) is 26.5 Å². The lowest BCUT2D eigenvalue weighted by Gasteiger charge is -2.20. The quantitative estimate of drug-likeness (QED) is 0.535. The van der Waals surface area contributed by atoms with E-state index in [1.807, 2.05) is 39.0 Å². The maximum Gasteiger partial charge on any atom is 0.404 e. The van der Waals surface area contributed by atoms with Crippen molar-refractivity contribution in [1.82, 2.24) is 14.9 Å². The summed E-state index contributed by atoms with van der Waals surface area (Å²) in [5, 5.41) is 13.9. The molecule has 1 atom stereocenters. The van der Waals surface area contributed by atoms with E-state index in [2.05, 4.69) is 26.2 Å². The van der Waals surface area contributed by atoms with Crippen molar-refractivity contribution in [2.75, 3.05) is 6.61 Å². The number of hydrogen-bond donors (Lipinski definition) is 2. The number of benzene rings is 1. The van der Waals surface area contributed by atoms with Gasteiger partial charge in [-0.1, -0.05) is 13.8 Å². The highest BCUT2D eigenvalue weighted by Crippen LogP contribution is 2.33. The lowest BCUT2D eigenvalue weighted by atomic mass is 10.0. The van der Waals surface area contributed by atoms with Gasteiger partial charge in [0.2, 0.25) is 0 Å². The number of amides is 1. The Labute approximate surface area is 176 Å². The molecular formula is C21H24BrN3O4. The largest absolute Gasteiger partial charge is 0.490 e. The third-order valence-corrected chi connectivity index (χ3v) is 5.42. The zero-order valence-corrected chi connectivity index (χ0v) is 18.4. The smallest absolute Gasteiger partial charge is 0.404 e. The average Bonchev–Trinajstić information content (AvgIpc) is 2.63. The van der Waals surface area contributed by atoms with Crippen molar-refractivity contribution in [3.05, 3.63) is 44.9 Å². The van der Waals surface area contributed by atoms with Crippen LogP contribution in [0.3, 0.4) is 0 Å². The summed E-state index contributed by atoms with van der Waals surface area (Å²) in [4.78, 5) is 28.1. The normalized spacial score (nSPS) is 12.5. The number of rotatable bonds is 6. The van der Waals surface area contributed by atoms with E-state index in [-0.39, 0.29) is 18.2 Å². The molecule has 2 aromatic heterocycles. The van der Waals surface area contributed by atoms with Gasteiger partial charge < -0.3 is 19.7 Å². The zero-order chi connectivity index (χ0) is 21.3. The second-order valence-electron chi connectivity index (χ2n) is 7.62. The zero-order valence-electron chi connectivity index (χ0n) is 16.8. The Bertz CT molecular complexity index is 1140. The highest BCUT2D eigenvalue weighted by molar-refractivity contribution is 9.10. The van der Waals surface area contributed by atoms with Crippen LogP contribution in [0.25, 0.3) is 21.7 Å². The number of aryl methyl sites for hydroxylation is 2. The van der Waals surface area contributed by atoms with Crippen LogP contribution in [0.2, 0.25) is 0 Å². The third kappa shape index (κ3) is 4.53. The predicted molar refractivity (Wildman–Crippen MR) is 117 cm³/mol. The molecule has 2 N–H and O–H groups in total. The van der Waals surface area contributed by atoms with Gasteiger partial charge in [-0.3, -0.25) is 9.78 Å². The number of pyridine rings is 2. The Kier molecular flexibility index (Phi) is 6.12. The van der Waals surface area contributed by atoms with Crippen LogP contribution in [0.5, 0.6) is 5.75 Å². The van der Waals surface area contributed by atoms with E-state index in [0.29, 0.717) is 23.5 Å². The maximum atomic E-state index is 12.8. The molecule has 0 spiro atoms. The summed E-state index contributed by atoms with van der Waals surface area (Å²) in [7, 11) is 1.72. The van der Waals surface area contributed by atoms with Crippen molar-refractivity contribution >= 4 is 43.7 Å². The number of hydrogen-bond acceptors (Lipinski definition) is 4. The minimum Gasteiger partial charge on any atom is -0.490 e. The lowest BCUT2D eigenvalue weighted by molar-refractivity contribution is 0.176. The Morgan fingerprint density at radius 3 is 2.66 bits per heavy atom. The molecule has 3 rings (SSSR count). The van der Waals surface area contributed by atoms with Crippen LogP contribution >= 0.6 is 15.9 Å². The predicted octanol–water partition coefficient (Wildman–Crippen LogP) is 4.22. The molecule has 0 fully saturated rings. The molecule has 7 nitrogen and oxygen atoms in total. The van der Waals surface area contributed by atoms with Crippen LogP contribution in [0.1, 0.15) is 26.0 Å². The van der Waals surface area contributed by atoms with Gasteiger partial charge in [-0.25, -0.2) is 4.79 Å². The van der Waals surface area contributed by atoms with Crippen molar-refractivity contribution < 1.29 is 14.6 Å². The van der Waals surface area contributed by atoms with Crippen LogP contribution in [-0.4, -0.2) is 33.4 Å². The van der Waals surface area contributed by atoms with Crippen molar-refractivity contribution in [3.8, 4) is 5.75 Å². The first-order valence-corrected chi connectivity index (χ1v) is 10.2. The van der Waals surface area contributed by atoms with E-state index in [9.17, 15) is 9.59 Å². The van der Waals surface area contributed by atoms with Gasteiger partial charge in [-0.15, -0.1) is 0 Å². The van der Waals surface area contributed by atoms with E-state index in [4.69, 9.17) is 9.84 Å². The van der Waals surface area contributed by atoms with Crippen molar-refractivity contribution in [2.24, 2.45) is 13.0 Å². The molecule has 0 aliphatic carbocycles. The minimum absolute atomic E-state index is 0.126. The molecule has 1 amide bonds. The van der Waals surface area contributed by atoms with E-state index in [1.54, 1.807) is 17.8 Å². The average molecular weight is 462 g/mol. The number of carboxylic acid groups (broad SMARTS) is 1. The molecule has 3 aromatic rings. The highest BCUT2D eigenvalue weighted by Gasteiger charge is 2.17. The lowest BCUT2D eigenvalue weighted by Crippen LogP contribution is -2.39. The summed E-state index contributed by atoms with van der Waals surface area (Å²) in [5.41, 5.74) is 1.44. The number of halogens is 1. The molecule has 0 bridgehead atoms. The number of nitrogens with one attached hydrogen (secondary N) is 1. The van der Waals surface area contributed by atoms with Crippen LogP contribution in [0.4, 0.5) is 4.79 Å². The van der Waals surface area contributed by atoms with Crippen molar-refractivity contribution in [3.63, 3.8) is 0 Å². The fourth-order valence-electron chi connectivity index (χ4n) is 3.49. The summed E-state index contributed by atoms with van der Waals surface area (Å²) >= 11 is 3.55. The first kappa shape index (κ1) is 21.1. The molecule has 0 saturated heterocycles. The van der Waals surface area contributed by atoms with Gasteiger partial charge in [0.25, 0.3) is 5.56 Å². The molecule has 1 unspecified atom stereocenters. The Hall–Kier alpha value is -2.61. The van der Waals surface area contributed by atoms with Gasteiger partial charge in [-0.05, 0) is 52.7 Å². The number of aromatic nitrogens is 2. The Balaban J connectivity index is 2.03. The molecule has 154 valence electrons. The van der Waals surface area contributed by atoms with Crippen LogP contribution in [0, 0.1) is 12.8 Å². The molecule has 2 heterocycles. The standard InChI is InChI=1S/C21H24BrN3O4/c1-11(2)5-13(24-21(27)28)10-29-19-8-18-15(7-17(19)22)14-6-12(3)23-9-16(14)20(26)25(18)4/h6-9,11,13,24H,5,10H2,1-4H3,(H,27,28). The molecule has 0 saturated carbocycles. The Morgan fingerprint density at radius 1 is 1.28 bits per heavy atom. The van der Waals surface area contributed by atoms with Gasteiger partial charge in [0.15, 0.2) is 0 Å². The van der Waals surface area contributed by atoms with Crippen molar-refractivity contribution in [2.45, 2.75) is 33.2 Å². The molecule has 1 aromatic carbocycles. The molecule has 0 aliphatic rings. The van der Waals surface area contributed by atoms with E-state index < -0.39 is 6.09 Å². The van der Waals surface area contributed by atoms with Crippen LogP contribution in [0.15, 0.2) is 33.7 Å². The first-order chi connectivity index (χ1) is 13.7. The second-order valence-corrected chi connectivity index (χ2v) is 8.48. The van der Waals surface area contributed by atoms with Gasteiger partial charge in [0.1, 0.15) is 12.4 Å². The number of nitrogens with zero attached hydrogens (tertiary/aromatic N) is 2. The number of carbonyl (C=O) groups is 1. The van der Waals surface area contributed by atoms with Crippen molar-refractivity contribution in [1.29, 1.82) is 0 Å². The monoisotopic (exact) mass is 461 g/mol. The molecule has 29 heavy (non-hydrogen) atoms. The van der Waals surface area contributed by atoms with Gasteiger partial charge in [0, 0.05) is 30.4 Å². The summed E-state index contributed by atoms with van der Waals surface area (Å²) in [5.74, 6) is 0.873. The van der Waals surface area contributed by atoms with E-state index >= 15 is 0 Å². The molecule has 0 radical (unpaired) electrons. The third-order valence-electron chi connectivity index (χ3n) is 4.80.